The largest absolute Gasteiger partial charge is 0.545 e. The Morgan fingerprint density at radius 3 is 1.33 bits per heavy atom. The molecule has 0 spiro atoms. The predicted octanol–water partition coefficient (Wildman–Crippen LogP) is 12.3. The van der Waals surface area contributed by atoms with Crippen molar-refractivity contribution in [2.24, 2.45) is 0 Å². The van der Waals surface area contributed by atoms with Crippen LogP contribution in [0.15, 0.2) is 85.1 Å². The van der Waals surface area contributed by atoms with E-state index in [1.165, 1.54) is 77.0 Å². The first-order chi connectivity index (χ1) is 30.6. The molecule has 0 radical (unpaired) electrons. The van der Waals surface area contributed by atoms with E-state index in [0.29, 0.717) is 23.9 Å². The Morgan fingerprint density at radius 1 is 0.492 bits per heavy atom. The molecule has 0 aliphatic carbocycles. The molecular weight excluding hydrogens is 791 g/mol. The van der Waals surface area contributed by atoms with E-state index in [1.807, 2.05) is 27.2 Å². The first kappa shape index (κ1) is 59.5. The number of unbranched alkanes of at least 4 members (excludes halogenated alkanes) is 15. The van der Waals surface area contributed by atoms with Crippen molar-refractivity contribution in [2.45, 2.75) is 193 Å². The molecule has 0 aromatic rings. The van der Waals surface area contributed by atoms with Gasteiger partial charge in [-0.3, -0.25) is 9.59 Å². The summed E-state index contributed by atoms with van der Waals surface area (Å²) in [5.41, 5.74) is 0. The van der Waals surface area contributed by atoms with Gasteiger partial charge in [0.05, 0.1) is 40.3 Å². The third-order valence-electron chi connectivity index (χ3n) is 10.2. The highest BCUT2D eigenvalue weighted by molar-refractivity contribution is 5.70. The zero-order valence-electron chi connectivity index (χ0n) is 40.7. The fourth-order valence-corrected chi connectivity index (χ4v) is 6.35. The zero-order chi connectivity index (χ0) is 46.3. The molecule has 360 valence electrons. The van der Waals surface area contributed by atoms with Crippen molar-refractivity contribution >= 4 is 17.9 Å². The van der Waals surface area contributed by atoms with Gasteiger partial charge in [-0.05, 0) is 64.2 Å². The number of allylic oxidation sites excluding steroid dienone is 14. The normalized spacial score (nSPS) is 13.6. The molecular formula is C54H91NO8. The number of aliphatic carboxylic acids is 1. The van der Waals surface area contributed by atoms with Crippen molar-refractivity contribution in [3.63, 3.8) is 0 Å². The lowest BCUT2D eigenvalue weighted by molar-refractivity contribution is -0.870. The minimum Gasteiger partial charge on any atom is -0.545 e. The van der Waals surface area contributed by atoms with Crippen molar-refractivity contribution in [1.82, 2.24) is 0 Å². The molecule has 0 aromatic heterocycles. The quantitative estimate of drug-likeness (QED) is 0.0196. The molecule has 0 N–H and O–H groups in total. The molecule has 0 rings (SSSR count). The molecule has 9 heteroatoms. The number of carbonyl (C=O) groups is 3. The Kier molecular flexibility index (Phi) is 42.5. The minimum atomic E-state index is -1.64. The summed E-state index contributed by atoms with van der Waals surface area (Å²) < 4.78 is 22.5. The molecule has 0 saturated carbocycles. The van der Waals surface area contributed by atoms with Gasteiger partial charge in [0.2, 0.25) is 0 Å². The molecule has 2 atom stereocenters. The predicted molar refractivity (Wildman–Crippen MR) is 260 cm³/mol. The lowest BCUT2D eigenvalue weighted by Crippen LogP contribution is -2.44. The maximum Gasteiger partial charge on any atom is 0.306 e. The number of quaternary nitrogens is 1. The second-order valence-electron chi connectivity index (χ2n) is 17.4. The fourth-order valence-electron chi connectivity index (χ4n) is 6.35. The van der Waals surface area contributed by atoms with Crippen LogP contribution in [0.1, 0.15) is 181 Å². The van der Waals surface area contributed by atoms with Gasteiger partial charge in [-0.2, -0.15) is 0 Å². The van der Waals surface area contributed by atoms with Gasteiger partial charge in [0.15, 0.2) is 12.4 Å². The second kappa shape index (κ2) is 45.1. The van der Waals surface area contributed by atoms with Gasteiger partial charge in [0.1, 0.15) is 13.2 Å². The lowest BCUT2D eigenvalue weighted by Gasteiger charge is -2.26. The molecule has 0 aliphatic heterocycles. The average molecular weight is 882 g/mol. The van der Waals surface area contributed by atoms with Crippen LogP contribution in [0, 0.1) is 0 Å². The molecule has 0 fully saturated rings. The van der Waals surface area contributed by atoms with E-state index in [2.05, 4.69) is 92.8 Å². The molecule has 2 unspecified atom stereocenters. The van der Waals surface area contributed by atoms with Gasteiger partial charge in [-0.15, -0.1) is 0 Å². The molecule has 0 aliphatic rings. The van der Waals surface area contributed by atoms with Gasteiger partial charge in [0.25, 0.3) is 0 Å². The van der Waals surface area contributed by atoms with E-state index in [0.717, 1.165) is 64.2 Å². The molecule has 0 bridgehead atoms. The van der Waals surface area contributed by atoms with Gasteiger partial charge in [-0.1, -0.05) is 189 Å². The average Bonchev–Trinajstić information content (AvgIpc) is 3.24. The van der Waals surface area contributed by atoms with E-state index in [9.17, 15) is 19.5 Å². The highest BCUT2D eigenvalue weighted by Crippen LogP contribution is 2.14. The van der Waals surface area contributed by atoms with Gasteiger partial charge in [0, 0.05) is 12.8 Å². The fraction of sp³-hybridized carbons (Fsp3) is 0.685. The van der Waals surface area contributed by atoms with Crippen molar-refractivity contribution in [3.8, 4) is 0 Å². The topological polar surface area (TPSA) is 111 Å². The first-order valence-corrected chi connectivity index (χ1v) is 24.7. The standard InChI is InChI=1S/C54H91NO8/c1-6-8-10-12-14-16-18-20-22-23-24-25-26-27-28-29-31-33-35-37-39-41-43-45-52(57)63-50(49-62-54(53(58)59)60-47-46-55(3,4)5)48-61-51(56)44-42-40-38-36-34-32-30-21-19-17-15-13-11-9-7-2/h8,10,14,16,20,22,24-25,27-28,31,33,37,39,50,54H,6-7,9,11-13,15,17-19,21,23,26,29-30,32,34-36,38,40-49H2,1-5H3/b10-8-,16-14-,22-20-,25-24-,28-27-,33-31-,39-37-. The Labute approximate surface area is 385 Å². The van der Waals surface area contributed by atoms with Crippen LogP contribution in [-0.2, 0) is 33.3 Å². The molecule has 0 amide bonds. The number of carbonyl (C=O) groups excluding carboxylic acids is 3. The number of hydrogen-bond acceptors (Lipinski definition) is 8. The summed E-state index contributed by atoms with van der Waals surface area (Å²) in [6, 6.07) is 0. The van der Waals surface area contributed by atoms with E-state index in [4.69, 9.17) is 18.9 Å². The monoisotopic (exact) mass is 882 g/mol. The summed E-state index contributed by atoms with van der Waals surface area (Å²) in [7, 11) is 5.89. The Balaban J connectivity index is 4.50. The summed E-state index contributed by atoms with van der Waals surface area (Å²) in [4.78, 5) is 37.1. The SMILES string of the molecule is CC/C=C\C/C=C\C/C=C\C/C=C\C/C=C\C/C=C\C/C=C\CCCC(=O)OC(COC(=O)CCCCCCCCCCCCCCCCC)COC(OCC[N+](C)(C)C)C(=O)[O-]. The number of carboxylic acid groups (broad SMARTS) is 1. The van der Waals surface area contributed by atoms with Crippen LogP contribution in [0.5, 0.6) is 0 Å². The summed E-state index contributed by atoms with van der Waals surface area (Å²) in [6.45, 7) is 4.55. The van der Waals surface area contributed by atoms with E-state index in [1.54, 1.807) is 0 Å². The summed E-state index contributed by atoms with van der Waals surface area (Å²) >= 11 is 0. The maximum atomic E-state index is 12.8. The van der Waals surface area contributed by atoms with Gasteiger partial charge < -0.3 is 33.3 Å². The Morgan fingerprint density at radius 2 is 0.905 bits per heavy atom. The third-order valence-corrected chi connectivity index (χ3v) is 10.2. The number of hydrogen-bond donors (Lipinski definition) is 0. The summed E-state index contributed by atoms with van der Waals surface area (Å²) in [6.07, 6.45) is 54.8. The summed E-state index contributed by atoms with van der Waals surface area (Å²) in [5.74, 6) is -2.37. The first-order valence-electron chi connectivity index (χ1n) is 24.7. The van der Waals surface area contributed by atoms with Crippen molar-refractivity contribution < 1.29 is 42.9 Å². The van der Waals surface area contributed by atoms with Crippen LogP contribution >= 0.6 is 0 Å². The maximum absolute atomic E-state index is 12.8. The van der Waals surface area contributed by atoms with Crippen LogP contribution in [0.4, 0.5) is 0 Å². The lowest BCUT2D eigenvalue weighted by atomic mass is 10.0. The molecule has 0 saturated heterocycles. The minimum absolute atomic E-state index is 0.133. The molecule has 9 nitrogen and oxygen atoms in total. The van der Waals surface area contributed by atoms with E-state index in [-0.39, 0.29) is 38.6 Å². The zero-order valence-corrected chi connectivity index (χ0v) is 40.7. The number of nitrogens with zero attached hydrogens (tertiary/aromatic N) is 1. The van der Waals surface area contributed by atoms with Crippen molar-refractivity contribution in [2.75, 3.05) is 47.5 Å². The van der Waals surface area contributed by atoms with E-state index < -0.39 is 24.3 Å². The Hall–Kier alpha value is -3.53. The van der Waals surface area contributed by atoms with Gasteiger partial charge in [-0.25, -0.2) is 0 Å². The van der Waals surface area contributed by atoms with Crippen molar-refractivity contribution in [3.05, 3.63) is 85.1 Å². The highest BCUT2D eigenvalue weighted by atomic mass is 16.7. The highest BCUT2D eigenvalue weighted by Gasteiger charge is 2.21. The van der Waals surface area contributed by atoms with Crippen LogP contribution in [0.3, 0.4) is 0 Å². The smallest absolute Gasteiger partial charge is 0.306 e. The molecule has 0 heterocycles. The van der Waals surface area contributed by atoms with Crippen LogP contribution in [-0.4, -0.2) is 82.3 Å². The number of rotatable bonds is 44. The third kappa shape index (κ3) is 46.3. The van der Waals surface area contributed by atoms with Crippen LogP contribution in [0.25, 0.3) is 0 Å². The van der Waals surface area contributed by atoms with Gasteiger partial charge >= 0.3 is 11.9 Å². The number of carboxylic acids is 1. The Bertz CT molecular complexity index is 1300. The number of likely N-dealkylation sites (N-methyl/N-ethyl adjacent to an activating group) is 1. The second-order valence-corrected chi connectivity index (χ2v) is 17.4. The number of esters is 2. The molecule has 0 aromatic carbocycles. The van der Waals surface area contributed by atoms with Crippen molar-refractivity contribution in [1.29, 1.82) is 0 Å². The van der Waals surface area contributed by atoms with E-state index >= 15 is 0 Å². The van der Waals surface area contributed by atoms with Crippen LogP contribution < -0.4 is 5.11 Å². The number of ether oxygens (including phenoxy) is 4. The molecule has 63 heavy (non-hydrogen) atoms. The summed E-state index contributed by atoms with van der Waals surface area (Å²) in [5, 5.41) is 11.7. The van der Waals surface area contributed by atoms with Crippen LogP contribution in [0.2, 0.25) is 0 Å².